The molecule has 3 saturated carbocycles. The molecule has 6 heteroatoms. The molecular weight excluding hydrogens is 499 g/mol. The Balaban J connectivity index is 1.53. The normalized spacial score (nSPS) is 25.6. The number of nitrogens with zero attached hydrogens (tertiary/aromatic N) is 1. The Morgan fingerprint density at radius 1 is 0.821 bits per heavy atom. The Morgan fingerprint density at radius 2 is 1.38 bits per heavy atom. The van der Waals surface area contributed by atoms with Gasteiger partial charge in [-0.2, -0.15) is 13.2 Å². The highest BCUT2D eigenvalue weighted by molar-refractivity contribution is 5.69. The van der Waals surface area contributed by atoms with Gasteiger partial charge in [0.15, 0.2) is 0 Å². The van der Waals surface area contributed by atoms with Gasteiger partial charge in [-0.1, -0.05) is 76.3 Å². The fourth-order valence-electron chi connectivity index (χ4n) is 7.69. The molecule has 0 spiro atoms. The average Bonchev–Trinajstić information content (AvgIpc) is 2.94. The van der Waals surface area contributed by atoms with E-state index < -0.39 is 11.7 Å². The quantitative estimate of drug-likeness (QED) is 0.258. The molecule has 3 atom stereocenters. The van der Waals surface area contributed by atoms with Crippen molar-refractivity contribution >= 4 is 5.97 Å². The Morgan fingerprint density at radius 3 is 1.90 bits per heavy atom. The second kappa shape index (κ2) is 14.9. The number of esters is 1. The van der Waals surface area contributed by atoms with Crippen LogP contribution in [0.3, 0.4) is 0 Å². The molecule has 39 heavy (non-hydrogen) atoms. The first-order valence-corrected chi connectivity index (χ1v) is 15.9. The lowest BCUT2D eigenvalue weighted by Gasteiger charge is -2.44. The maximum Gasteiger partial charge on any atom is 0.416 e. The van der Waals surface area contributed by atoms with Crippen LogP contribution in [0.25, 0.3) is 0 Å². The van der Waals surface area contributed by atoms with Gasteiger partial charge in [-0.3, -0.25) is 9.69 Å². The van der Waals surface area contributed by atoms with Gasteiger partial charge in [-0.25, -0.2) is 0 Å². The fourth-order valence-corrected chi connectivity index (χ4v) is 7.69. The minimum Gasteiger partial charge on any atom is -0.466 e. The molecule has 220 valence electrons. The summed E-state index contributed by atoms with van der Waals surface area (Å²) in [6.07, 6.45) is 14.8. The monoisotopic (exact) mass is 549 g/mol. The van der Waals surface area contributed by atoms with Crippen LogP contribution in [0.2, 0.25) is 0 Å². The zero-order valence-corrected chi connectivity index (χ0v) is 24.0. The molecule has 0 saturated heterocycles. The zero-order chi connectivity index (χ0) is 27.7. The molecule has 0 aromatic heterocycles. The lowest BCUT2D eigenvalue weighted by atomic mass is 9.72. The van der Waals surface area contributed by atoms with Crippen LogP contribution in [0.4, 0.5) is 13.2 Å². The number of carbonyl (C=O) groups excluding carboxylic acids is 1. The molecule has 0 bridgehead atoms. The SMILES string of the molecule is CCOC(=O)C[C@@H]1CC[C@@H](N(CCC2CCCCC2)CCC2CCCCC2)[C@H](c2ccc(C(F)(F)F)cc2)C1. The van der Waals surface area contributed by atoms with Crippen molar-refractivity contribution < 1.29 is 22.7 Å². The molecule has 1 aromatic carbocycles. The van der Waals surface area contributed by atoms with Crippen LogP contribution in [0.15, 0.2) is 24.3 Å². The van der Waals surface area contributed by atoms with Crippen LogP contribution in [0, 0.1) is 17.8 Å². The number of benzene rings is 1. The number of ether oxygens (including phenoxy) is 1. The van der Waals surface area contributed by atoms with E-state index in [1.807, 2.05) is 6.92 Å². The number of hydrogen-bond donors (Lipinski definition) is 0. The van der Waals surface area contributed by atoms with Crippen LogP contribution in [-0.4, -0.2) is 36.6 Å². The Kier molecular flexibility index (Phi) is 11.6. The van der Waals surface area contributed by atoms with Crippen LogP contribution in [0.1, 0.15) is 127 Å². The predicted octanol–water partition coefficient (Wildman–Crippen LogP) is 9.15. The number of carbonyl (C=O) groups is 1. The molecule has 4 rings (SSSR count). The lowest BCUT2D eigenvalue weighted by Crippen LogP contribution is -2.45. The van der Waals surface area contributed by atoms with Crippen molar-refractivity contribution in [3.63, 3.8) is 0 Å². The highest BCUT2D eigenvalue weighted by Gasteiger charge is 2.37. The number of halogens is 3. The third-order valence-corrected chi connectivity index (χ3v) is 9.92. The summed E-state index contributed by atoms with van der Waals surface area (Å²) in [6.45, 7) is 4.38. The fraction of sp³-hybridized carbons (Fsp3) is 0.788. The molecule has 1 aromatic rings. The molecule has 0 unspecified atom stereocenters. The van der Waals surface area contributed by atoms with Crippen molar-refractivity contribution in [2.45, 2.75) is 128 Å². The van der Waals surface area contributed by atoms with Gasteiger partial charge in [-0.05, 0) is 93.5 Å². The smallest absolute Gasteiger partial charge is 0.416 e. The summed E-state index contributed by atoms with van der Waals surface area (Å²) in [7, 11) is 0. The molecule has 0 N–H and O–H groups in total. The maximum atomic E-state index is 13.3. The molecule has 3 aliphatic rings. The summed E-state index contributed by atoms with van der Waals surface area (Å²) < 4.78 is 45.3. The van der Waals surface area contributed by atoms with Gasteiger partial charge in [0.1, 0.15) is 0 Å². The van der Waals surface area contributed by atoms with Crippen molar-refractivity contribution in [2.24, 2.45) is 17.8 Å². The average molecular weight is 550 g/mol. The zero-order valence-electron chi connectivity index (χ0n) is 24.0. The van der Waals surface area contributed by atoms with Crippen LogP contribution in [0.5, 0.6) is 0 Å². The Hall–Kier alpha value is -1.56. The second-order valence-corrected chi connectivity index (χ2v) is 12.6. The summed E-state index contributed by atoms with van der Waals surface area (Å²) in [5, 5.41) is 0. The highest BCUT2D eigenvalue weighted by Crippen LogP contribution is 2.42. The minimum atomic E-state index is -4.33. The van der Waals surface area contributed by atoms with Gasteiger partial charge in [0, 0.05) is 12.5 Å². The predicted molar refractivity (Wildman–Crippen MR) is 151 cm³/mol. The van der Waals surface area contributed by atoms with Crippen molar-refractivity contribution in [1.29, 1.82) is 0 Å². The van der Waals surface area contributed by atoms with E-state index in [4.69, 9.17) is 4.74 Å². The van der Waals surface area contributed by atoms with E-state index in [1.54, 1.807) is 12.1 Å². The third-order valence-electron chi connectivity index (χ3n) is 9.92. The van der Waals surface area contributed by atoms with Crippen molar-refractivity contribution in [3.05, 3.63) is 35.4 Å². The van der Waals surface area contributed by atoms with E-state index in [0.717, 1.165) is 49.8 Å². The van der Waals surface area contributed by atoms with E-state index in [-0.39, 0.29) is 17.8 Å². The van der Waals surface area contributed by atoms with Crippen molar-refractivity contribution in [1.82, 2.24) is 4.90 Å². The number of hydrogen-bond acceptors (Lipinski definition) is 3. The van der Waals surface area contributed by atoms with Crippen LogP contribution in [-0.2, 0) is 15.7 Å². The van der Waals surface area contributed by atoms with Crippen molar-refractivity contribution in [2.75, 3.05) is 19.7 Å². The third kappa shape index (κ3) is 9.23. The highest BCUT2D eigenvalue weighted by atomic mass is 19.4. The minimum absolute atomic E-state index is 0.137. The molecule has 3 aliphatic carbocycles. The first kappa shape index (κ1) is 30.4. The summed E-state index contributed by atoms with van der Waals surface area (Å²) in [6, 6.07) is 6.21. The summed E-state index contributed by atoms with van der Waals surface area (Å²) in [4.78, 5) is 15.1. The van der Waals surface area contributed by atoms with E-state index in [1.165, 1.54) is 89.2 Å². The molecule has 0 heterocycles. The summed E-state index contributed by atoms with van der Waals surface area (Å²) in [5.74, 6) is 1.81. The Bertz CT molecular complexity index is 837. The first-order valence-electron chi connectivity index (χ1n) is 15.9. The molecule has 0 aliphatic heterocycles. The molecule has 3 nitrogen and oxygen atoms in total. The largest absolute Gasteiger partial charge is 0.466 e. The lowest BCUT2D eigenvalue weighted by molar-refractivity contribution is -0.144. The summed E-state index contributed by atoms with van der Waals surface area (Å²) >= 11 is 0. The van der Waals surface area contributed by atoms with E-state index in [0.29, 0.717) is 19.1 Å². The van der Waals surface area contributed by atoms with Gasteiger partial charge in [0.05, 0.1) is 12.2 Å². The summed E-state index contributed by atoms with van der Waals surface area (Å²) in [5.41, 5.74) is 0.398. The first-order chi connectivity index (χ1) is 18.8. The van der Waals surface area contributed by atoms with Gasteiger partial charge in [0.25, 0.3) is 0 Å². The Labute approximate surface area is 234 Å². The van der Waals surface area contributed by atoms with Gasteiger partial charge in [-0.15, -0.1) is 0 Å². The van der Waals surface area contributed by atoms with Gasteiger partial charge in [0.2, 0.25) is 0 Å². The molecular formula is C33H50F3NO2. The maximum absolute atomic E-state index is 13.3. The molecule has 0 radical (unpaired) electrons. The topological polar surface area (TPSA) is 29.5 Å². The standard InChI is InChI=1S/C33H50F3NO2/c1-2-39-32(38)24-27-13-18-31(30(23-27)28-14-16-29(17-15-28)33(34,35)36)37(21-19-25-9-5-3-6-10-25)22-20-26-11-7-4-8-12-26/h14-17,25-27,30-31H,2-13,18-24H2,1H3/t27-,30+,31-/m1/s1. The number of alkyl halides is 3. The van der Waals surface area contributed by atoms with Crippen LogP contribution < -0.4 is 0 Å². The van der Waals surface area contributed by atoms with Gasteiger partial charge < -0.3 is 4.74 Å². The second-order valence-electron chi connectivity index (χ2n) is 12.6. The van der Waals surface area contributed by atoms with Crippen LogP contribution >= 0.6 is 0 Å². The van der Waals surface area contributed by atoms with Crippen molar-refractivity contribution in [3.8, 4) is 0 Å². The van der Waals surface area contributed by atoms with E-state index in [2.05, 4.69) is 4.90 Å². The van der Waals surface area contributed by atoms with Gasteiger partial charge >= 0.3 is 12.1 Å². The van der Waals surface area contributed by atoms with E-state index >= 15 is 0 Å². The van der Waals surface area contributed by atoms with E-state index in [9.17, 15) is 18.0 Å². The number of rotatable bonds is 11. The molecule has 3 fully saturated rings. The molecule has 0 amide bonds.